The quantitative estimate of drug-likeness (QED) is 0.416. The summed E-state index contributed by atoms with van der Waals surface area (Å²) in [5.41, 5.74) is -6.39. The van der Waals surface area contributed by atoms with E-state index in [0.29, 0.717) is 6.42 Å². The van der Waals surface area contributed by atoms with E-state index in [1.807, 2.05) is 0 Å². The van der Waals surface area contributed by atoms with Gasteiger partial charge in [-0.2, -0.15) is 0 Å². The number of carbonyl (C=O) groups is 3. The molecule has 4 rings (SSSR count). The highest BCUT2D eigenvalue weighted by atomic mass is 35.5. The highest BCUT2D eigenvalue weighted by Crippen LogP contribution is 2.72. The molecule has 9 heteroatoms. The van der Waals surface area contributed by atoms with Gasteiger partial charge in [-0.1, -0.05) is 38.6 Å². The van der Waals surface area contributed by atoms with Gasteiger partial charge >= 0.3 is 5.97 Å². The molecule has 0 aromatic rings. The second-order valence-corrected chi connectivity index (χ2v) is 12.2. The van der Waals surface area contributed by atoms with E-state index in [9.17, 15) is 19.5 Å². The van der Waals surface area contributed by atoms with E-state index in [1.165, 1.54) is 12.2 Å². The van der Waals surface area contributed by atoms with Crippen LogP contribution in [0.3, 0.4) is 0 Å². The monoisotopic (exact) mass is 516 g/mol. The molecule has 2 saturated carbocycles. The summed E-state index contributed by atoms with van der Waals surface area (Å²) in [6, 6.07) is 0. The Balaban J connectivity index is 1.89. The first-order valence-electron chi connectivity index (χ1n) is 11.8. The maximum Gasteiger partial charge on any atom is 0.306 e. The van der Waals surface area contributed by atoms with Crippen LogP contribution in [0.25, 0.3) is 0 Å². The summed E-state index contributed by atoms with van der Waals surface area (Å²) in [5, 5.41) is 11.0. The van der Waals surface area contributed by atoms with E-state index in [1.54, 1.807) is 27.7 Å². The average Bonchev–Trinajstić information content (AvgIpc) is 2.99. The fourth-order valence-corrected chi connectivity index (χ4v) is 8.69. The van der Waals surface area contributed by atoms with Crippen LogP contribution in [0.4, 0.5) is 8.78 Å². The molecular weight excluding hydrogens is 486 g/mol. The summed E-state index contributed by atoms with van der Waals surface area (Å²) >= 11 is 6.69. The second kappa shape index (κ2) is 8.41. The number of esters is 1. The van der Waals surface area contributed by atoms with Crippen molar-refractivity contribution in [3.63, 3.8) is 0 Å². The van der Waals surface area contributed by atoms with Crippen LogP contribution in [0.5, 0.6) is 0 Å². The second-order valence-electron chi connectivity index (χ2n) is 10.6. The van der Waals surface area contributed by atoms with Gasteiger partial charge in [0.15, 0.2) is 17.1 Å². The molecule has 1 N–H and O–H groups in total. The van der Waals surface area contributed by atoms with Crippen molar-refractivity contribution in [2.75, 3.05) is 5.21 Å². The Hall–Kier alpha value is -1.25. The number of aliphatic hydroxyl groups is 1. The lowest BCUT2D eigenvalue weighted by molar-refractivity contribution is -0.223. The fourth-order valence-electron chi connectivity index (χ4n) is 7.60. The van der Waals surface area contributed by atoms with E-state index in [-0.39, 0.29) is 42.3 Å². The molecule has 0 spiro atoms. The zero-order valence-corrected chi connectivity index (χ0v) is 21.4. The number of allylic oxidation sites excluding steroid dienone is 4. The molecular formula is C25H31ClF2O5S. The minimum atomic E-state index is -2.24. The maximum absolute atomic E-state index is 17.3. The molecule has 0 unspecified atom stereocenters. The fraction of sp³-hybridized carbons (Fsp3) is 0.720. The van der Waals surface area contributed by atoms with Gasteiger partial charge in [0.2, 0.25) is 5.12 Å². The van der Waals surface area contributed by atoms with Crippen molar-refractivity contribution in [2.45, 2.75) is 77.2 Å². The lowest BCUT2D eigenvalue weighted by Crippen LogP contribution is -2.69. The summed E-state index contributed by atoms with van der Waals surface area (Å²) in [6.07, 6.45) is 0.828. The maximum atomic E-state index is 17.3. The number of hydrogen-bond acceptors (Lipinski definition) is 6. The molecule has 5 nitrogen and oxygen atoms in total. The van der Waals surface area contributed by atoms with Crippen molar-refractivity contribution < 1.29 is 33.0 Å². The summed E-state index contributed by atoms with van der Waals surface area (Å²) in [4.78, 5) is 38.1. The number of alkyl halides is 2. The van der Waals surface area contributed by atoms with Gasteiger partial charge in [0.05, 0.1) is 11.3 Å². The Bertz CT molecular complexity index is 1000. The first kappa shape index (κ1) is 25.8. The zero-order valence-electron chi connectivity index (χ0n) is 19.8. The average molecular weight is 517 g/mol. The normalized spacial score (nSPS) is 45.5. The Morgan fingerprint density at radius 2 is 2.00 bits per heavy atom. The molecule has 4 aliphatic rings. The van der Waals surface area contributed by atoms with Crippen LogP contribution in [0.2, 0.25) is 0 Å². The number of aliphatic hydroxyl groups excluding tert-OH is 1. The van der Waals surface area contributed by atoms with Crippen molar-refractivity contribution >= 4 is 40.2 Å². The van der Waals surface area contributed by atoms with Crippen molar-refractivity contribution in [3.05, 3.63) is 23.6 Å². The number of rotatable bonds is 4. The van der Waals surface area contributed by atoms with Crippen LogP contribution in [0, 0.1) is 28.6 Å². The highest BCUT2D eigenvalue weighted by molar-refractivity contribution is 8.14. The first-order valence-corrected chi connectivity index (χ1v) is 13.3. The minimum Gasteiger partial charge on any atom is -0.449 e. The van der Waals surface area contributed by atoms with Crippen LogP contribution in [-0.2, 0) is 19.1 Å². The molecule has 0 aliphatic heterocycles. The molecule has 0 aromatic carbocycles. The van der Waals surface area contributed by atoms with Gasteiger partial charge in [0.1, 0.15) is 5.83 Å². The van der Waals surface area contributed by atoms with Crippen LogP contribution < -0.4 is 0 Å². The number of carbonyl (C=O) groups excluding carboxylic acids is 3. The van der Waals surface area contributed by atoms with E-state index in [2.05, 4.69) is 0 Å². The number of fused-ring (bicyclic) bond motifs is 5. The number of thioether (sulfide) groups is 1. The van der Waals surface area contributed by atoms with Crippen molar-refractivity contribution in [1.29, 1.82) is 0 Å². The van der Waals surface area contributed by atoms with Gasteiger partial charge in [0, 0.05) is 41.9 Å². The van der Waals surface area contributed by atoms with Crippen molar-refractivity contribution in [2.24, 2.45) is 28.6 Å². The summed E-state index contributed by atoms with van der Waals surface area (Å²) < 4.78 is 38.7. The molecule has 0 bridgehead atoms. The SMILES string of the molecule is CCC(=O)O[C@]1(C(=O)SCCl)[C@H](C)C[C@H]2[C@@H]3CC(F)=C4CC(=O)C=C[C@]4(C)[C@@]3(F)[C@@H](O)C[C@@]21C. The van der Waals surface area contributed by atoms with Crippen LogP contribution in [-0.4, -0.2) is 44.6 Å². The number of halogens is 3. The topological polar surface area (TPSA) is 80.7 Å². The summed E-state index contributed by atoms with van der Waals surface area (Å²) in [5.74, 6) is -3.40. The molecule has 34 heavy (non-hydrogen) atoms. The van der Waals surface area contributed by atoms with Crippen molar-refractivity contribution in [3.8, 4) is 0 Å². The van der Waals surface area contributed by atoms with Gasteiger partial charge in [-0.3, -0.25) is 14.4 Å². The standard InChI is InChI=1S/C25H31ClF2O5S/c1-5-20(31)33-25(21(32)34-12-26)13(2)8-15-16-10-18(27)17-9-14(29)6-7-22(17,3)24(16,28)19(30)11-23(15,25)4/h6-7,13,15-16,19,30H,5,8-12H2,1-4H3/t13-,15+,16+,19+,22+,23+,24+,25+/m1/s1. The van der Waals surface area contributed by atoms with Gasteiger partial charge in [-0.25, -0.2) is 8.78 Å². The van der Waals surface area contributed by atoms with E-state index in [0.717, 1.165) is 11.8 Å². The predicted molar refractivity (Wildman–Crippen MR) is 125 cm³/mol. The number of ketones is 1. The zero-order chi connectivity index (χ0) is 25.3. The molecule has 0 aromatic heterocycles. The number of ether oxygens (including phenoxy) is 1. The molecule has 2 fully saturated rings. The van der Waals surface area contributed by atoms with Crippen LogP contribution in [0.1, 0.15) is 59.8 Å². The molecule has 0 amide bonds. The third-order valence-corrected chi connectivity index (χ3v) is 10.3. The van der Waals surface area contributed by atoms with Crippen LogP contribution in [0.15, 0.2) is 23.6 Å². The Morgan fingerprint density at radius 3 is 2.62 bits per heavy atom. The molecule has 0 saturated heterocycles. The van der Waals surface area contributed by atoms with E-state index >= 15 is 8.78 Å². The van der Waals surface area contributed by atoms with Crippen molar-refractivity contribution in [1.82, 2.24) is 0 Å². The minimum absolute atomic E-state index is 0.0463. The highest BCUT2D eigenvalue weighted by Gasteiger charge is 2.77. The van der Waals surface area contributed by atoms with E-state index < -0.39 is 62.9 Å². The van der Waals surface area contributed by atoms with Crippen LogP contribution >= 0.6 is 23.4 Å². The Labute approximate surface area is 207 Å². The number of hydrogen-bond donors (Lipinski definition) is 1. The lowest BCUT2D eigenvalue weighted by Gasteiger charge is -2.62. The lowest BCUT2D eigenvalue weighted by atomic mass is 9.45. The first-order chi connectivity index (χ1) is 15.8. The predicted octanol–water partition coefficient (Wildman–Crippen LogP) is 5.05. The summed E-state index contributed by atoms with van der Waals surface area (Å²) in [7, 11) is 0. The molecule has 4 aliphatic carbocycles. The smallest absolute Gasteiger partial charge is 0.306 e. The summed E-state index contributed by atoms with van der Waals surface area (Å²) in [6.45, 7) is 6.70. The van der Waals surface area contributed by atoms with Gasteiger partial charge in [-0.05, 0) is 37.3 Å². The third-order valence-electron chi connectivity index (χ3n) is 9.25. The molecule has 0 radical (unpaired) electrons. The van der Waals surface area contributed by atoms with Gasteiger partial charge < -0.3 is 9.84 Å². The largest absolute Gasteiger partial charge is 0.449 e. The molecule has 8 atom stereocenters. The van der Waals surface area contributed by atoms with Gasteiger partial charge in [-0.15, -0.1) is 11.6 Å². The molecule has 188 valence electrons. The third kappa shape index (κ3) is 3.10. The Kier molecular flexibility index (Phi) is 6.39. The van der Waals surface area contributed by atoms with E-state index in [4.69, 9.17) is 16.3 Å². The molecule has 0 heterocycles. The van der Waals surface area contributed by atoms with Gasteiger partial charge in [0.25, 0.3) is 0 Å². The Morgan fingerprint density at radius 1 is 1.32 bits per heavy atom.